The van der Waals surface area contributed by atoms with Crippen LogP contribution in [0.1, 0.15) is 10.6 Å². The summed E-state index contributed by atoms with van der Waals surface area (Å²) >= 11 is 8.75. The van der Waals surface area contributed by atoms with E-state index in [2.05, 4.69) is 7.05 Å². The molecule has 1 N–H and O–H groups in total. The van der Waals surface area contributed by atoms with Crippen molar-refractivity contribution in [2.24, 2.45) is 0 Å². The molecule has 3 nitrogen and oxygen atoms in total. The second kappa shape index (κ2) is 5.35. The average molecular weight is 290 g/mol. The van der Waals surface area contributed by atoms with E-state index in [1.807, 2.05) is 29.0 Å². The fourth-order valence-electron chi connectivity index (χ4n) is 1.67. The summed E-state index contributed by atoms with van der Waals surface area (Å²) in [5.41, 5.74) is 1.03. The van der Waals surface area contributed by atoms with Crippen LogP contribution < -0.4 is 9.77 Å². The summed E-state index contributed by atoms with van der Waals surface area (Å²) in [5.74, 6) is 0. The highest BCUT2D eigenvalue weighted by Gasteiger charge is 2.10. The summed E-state index contributed by atoms with van der Waals surface area (Å²) in [6, 6.07) is 3.95. The van der Waals surface area contributed by atoms with Crippen molar-refractivity contribution in [2.45, 2.75) is 20.1 Å². The number of nitrogens with zero attached hydrogens (tertiary/aromatic N) is 1. The van der Waals surface area contributed by atoms with E-state index >= 15 is 0 Å². The van der Waals surface area contributed by atoms with Crippen molar-refractivity contribution >= 4 is 34.3 Å². The number of thiazole rings is 1. The van der Waals surface area contributed by atoms with E-state index in [0.717, 1.165) is 16.6 Å². The first-order chi connectivity index (χ1) is 8.06. The van der Waals surface area contributed by atoms with Gasteiger partial charge in [-0.1, -0.05) is 22.9 Å². The van der Waals surface area contributed by atoms with Gasteiger partial charge in [-0.05, 0) is 19.1 Å². The summed E-state index contributed by atoms with van der Waals surface area (Å²) in [5, 5.41) is 1.90. The maximum atomic E-state index is 11.6. The molecule has 0 aromatic carbocycles. The largest absolute Gasteiger partial charge is 0.315 e. The molecule has 0 fully saturated rings. The van der Waals surface area contributed by atoms with Crippen molar-refractivity contribution in [1.82, 2.24) is 4.57 Å². The third-order valence-corrected chi connectivity index (χ3v) is 4.62. The molecule has 2 aromatic rings. The highest BCUT2D eigenvalue weighted by molar-refractivity contribution is 7.16. The van der Waals surface area contributed by atoms with Gasteiger partial charge in [0.2, 0.25) is 0 Å². The Morgan fingerprint density at radius 3 is 2.76 bits per heavy atom. The fourth-order valence-corrected chi connectivity index (χ4v) is 3.60. The van der Waals surface area contributed by atoms with Crippen molar-refractivity contribution < 1.29 is 4.90 Å². The molecule has 2 rings (SSSR count). The summed E-state index contributed by atoms with van der Waals surface area (Å²) in [7, 11) is 2.08. The Morgan fingerprint density at radius 2 is 2.24 bits per heavy atom. The number of halogens is 1. The van der Waals surface area contributed by atoms with Gasteiger partial charge in [-0.3, -0.25) is 9.36 Å². The van der Waals surface area contributed by atoms with Gasteiger partial charge in [-0.2, -0.15) is 0 Å². The van der Waals surface area contributed by atoms with Gasteiger partial charge in [0.05, 0.1) is 16.3 Å². The molecule has 2 aromatic heterocycles. The van der Waals surface area contributed by atoms with Crippen LogP contribution in [-0.2, 0) is 13.2 Å². The van der Waals surface area contributed by atoms with Gasteiger partial charge in [0.1, 0.15) is 6.54 Å². The van der Waals surface area contributed by atoms with Gasteiger partial charge < -0.3 is 4.90 Å². The zero-order chi connectivity index (χ0) is 12.4. The normalized spacial score (nSPS) is 12.9. The SMILES string of the molecule is Cc1csc(=O)n1C[NH+](C)Cc1ccc(Cl)s1. The van der Waals surface area contributed by atoms with Crippen LogP contribution in [0.5, 0.6) is 0 Å². The van der Waals surface area contributed by atoms with Crippen LogP contribution in [0.25, 0.3) is 0 Å². The Kier molecular flexibility index (Phi) is 4.04. The molecule has 92 valence electrons. The van der Waals surface area contributed by atoms with Crippen molar-refractivity contribution in [3.8, 4) is 0 Å². The van der Waals surface area contributed by atoms with Crippen LogP contribution in [-0.4, -0.2) is 11.6 Å². The average Bonchev–Trinajstić information content (AvgIpc) is 2.79. The van der Waals surface area contributed by atoms with Crippen LogP contribution in [0, 0.1) is 6.92 Å². The molecule has 0 aliphatic rings. The second-order valence-corrected chi connectivity index (χ2v) is 6.69. The maximum Gasteiger partial charge on any atom is 0.311 e. The van der Waals surface area contributed by atoms with Crippen molar-refractivity contribution in [3.63, 3.8) is 0 Å². The quantitative estimate of drug-likeness (QED) is 0.909. The Hall–Kier alpha value is -0.620. The number of thiophene rings is 1. The second-order valence-electron chi connectivity index (χ2n) is 4.07. The molecular weight excluding hydrogens is 276 g/mol. The van der Waals surface area contributed by atoms with Crippen LogP contribution in [0.15, 0.2) is 22.3 Å². The van der Waals surface area contributed by atoms with Gasteiger partial charge >= 0.3 is 4.87 Å². The molecule has 0 aliphatic heterocycles. The van der Waals surface area contributed by atoms with E-state index in [4.69, 9.17) is 11.6 Å². The minimum Gasteiger partial charge on any atom is -0.315 e. The molecule has 6 heteroatoms. The van der Waals surface area contributed by atoms with E-state index < -0.39 is 0 Å². The topological polar surface area (TPSA) is 26.4 Å². The molecule has 0 saturated carbocycles. The lowest BCUT2D eigenvalue weighted by atomic mass is 10.4. The van der Waals surface area contributed by atoms with Crippen molar-refractivity contribution in [3.05, 3.63) is 42.1 Å². The molecule has 0 saturated heterocycles. The first-order valence-corrected chi connectivity index (χ1v) is 7.34. The zero-order valence-electron chi connectivity index (χ0n) is 9.70. The van der Waals surface area contributed by atoms with E-state index in [9.17, 15) is 4.79 Å². The Morgan fingerprint density at radius 1 is 1.47 bits per heavy atom. The molecule has 2 heterocycles. The first kappa shape index (κ1) is 12.8. The molecule has 1 atom stereocenters. The number of nitrogens with one attached hydrogen (secondary N) is 1. The molecule has 0 amide bonds. The number of aryl methyl sites for hydroxylation is 1. The molecule has 0 aliphatic carbocycles. The van der Waals surface area contributed by atoms with Gasteiger partial charge in [0.25, 0.3) is 0 Å². The number of quaternary nitrogens is 1. The minimum absolute atomic E-state index is 0.117. The lowest BCUT2D eigenvalue weighted by Crippen LogP contribution is -3.07. The maximum absolute atomic E-state index is 11.6. The molecule has 0 spiro atoms. The Balaban J connectivity index is 2.02. The standard InChI is InChI=1S/C11H13ClN2OS2/c1-8-6-16-11(15)14(8)7-13(2)5-9-3-4-10(12)17-9/h3-4,6H,5,7H2,1-2H3/p+1. The summed E-state index contributed by atoms with van der Waals surface area (Å²) in [6.07, 6.45) is 0. The Labute approximate surface area is 113 Å². The molecule has 17 heavy (non-hydrogen) atoms. The number of rotatable bonds is 4. The summed E-state index contributed by atoms with van der Waals surface area (Å²) in [6.45, 7) is 3.55. The van der Waals surface area contributed by atoms with Crippen LogP contribution in [0.2, 0.25) is 4.34 Å². The van der Waals surface area contributed by atoms with Crippen LogP contribution in [0.3, 0.4) is 0 Å². The van der Waals surface area contributed by atoms with Gasteiger partial charge in [0, 0.05) is 11.1 Å². The summed E-state index contributed by atoms with van der Waals surface area (Å²) < 4.78 is 2.63. The fraction of sp³-hybridized carbons (Fsp3) is 0.364. The summed E-state index contributed by atoms with van der Waals surface area (Å²) in [4.78, 5) is 14.2. The van der Waals surface area contributed by atoms with Crippen LogP contribution in [0.4, 0.5) is 0 Å². The van der Waals surface area contributed by atoms with E-state index in [1.54, 1.807) is 11.3 Å². The van der Waals surface area contributed by atoms with Gasteiger partial charge in [-0.25, -0.2) is 0 Å². The zero-order valence-corrected chi connectivity index (χ0v) is 12.1. The number of hydrogen-bond acceptors (Lipinski definition) is 3. The number of aromatic nitrogens is 1. The predicted molar refractivity (Wildman–Crippen MR) is 73.2 cm³/mol. The smallest absolute Gasteiger partial charge is 0.311 e. The highest BCUT2D eigenvalue weighted by Crippen LogP contribution is 2.20. The van der Waals surface area contributed by atoms with E-state index in [-0.39, 0.29) is 4.87 Å². The van der Waals surface area contributed by atoms with Gasteiger partial charge in [-0.15, -0.1) is 11.3 Å². The highest BCUT2D eigenvalue weighted by atomic mass is 35.5. The van der Waals surface area contributed by atoms with Crippen LogP contribution >= 0.6 is 34.3 Å². The predicted octanol–water partition coefficient (Wildman–Crippen LogP) is 1.61. The first-order valence-electron chi connectivity index (χ1n) is 5.26. The lowest BCUT2D eigenvalue weighted by molar-refractivity contribution is -0.916. The monoisotopic (exact) mass is 289 g/mol. The molecular formula is C11H14ClN2OS2+. The third kappa shape index (κ3) is 3.19. The van der Waals surface area contributed by atoms with Crippen molar-refractivity contribution in [2.75, 3.05) is 7.05 Å². The number of hydrogen-bond donors (Lipinski definition) is 1. The third-order valence-electron chi connectivity index (χ3n) is 2.51. The van der Waals surface area contributed by atoms with E-state index in [0.29, 0.717) is 6.67 Å². The van der Waals surface area contributed by atoms with Crippen molar-refractivity contribution in [1.29, 1.82) is 0 Å². The molecule has 0 bridgehead atoms. The Bertz CT molecular complexity index is 558. The minimum atomic E-state index is 0.117. The lowest BCUT2D eigenvalue weighted by Gasteiger charge is -2.14. The van der Waals surface area contributed by atoms with E-state index in [1.165, 1.54) is 21.1 Å². The van der Waals surface area contributed by atoms with Gasteiger partial charge in [0.15, 0.2) is 6.67 Å². The molecule has 1 unspecified atom stereocenters. The molecule has 0 radical (unpaired) electrons.